The molecular formula is C39H36N2O9. The van der Waals surface area contributed by atoms with Crippen LogP contribution in [0.3, 0.4) is 0 Å². The summed E-state index contributed by atoms with van der Waals surface area (Å²) in [6.45, 7) is 6.10. The van der Waals surface area contributed by atoms with Crippen molar-refractivity contribution in [2.75, 3.05) is 20.3 Å². The molecule has 0 aromatic heterocycles. The Bertz CT molecular complexity index is 1850. The summed E-state index contributed by atoms with van der Waals surface area (Å²) in [6.07, 6.45) is 6.27. The molecule has 0 amide bonds. The second kappa shape index (κ2) is 18.8. The third kappa shape index (κ3) is 11.1. The van der Waals surface area contributed by atoms with Crippen LogP contribution < -0.4 is 14.2 Å². The zero-order valence-electron chi connectivity index (χ0n) is 27.7. The van der Waals surface area contributed by atoms with Crippen LogP contribution in [0.15, 0.2) is 114 Å². The number of benzene rings is 4. The molecule has 0 heterocycles. The number of aryl methyl sites for hydroxylation is 1. The highest BCUT2D eigenvalue weighted by atomic mass is 16.5. The second-order valence-electron chi connectivity index (χ2n) is 10.6. The van der Waals surface area contributed by atoms with E-state index in [4.69, 9.17) is 23.7 Å². The molecule has 11 nitrogen and oxygen atoms in total. The SMILES string of the molecule is C=CC(=O)OCCCCOc1ccc(C(=O)Oc2ccc(C=NN=Cc3ccc(OC(=O)c4ccc(CC)cc4)c(C(=O)OC)c3)cc2)cc1. The normalized spacial score (nSPS) is 10.8. The molecule has 0 saturated heterocycles. The van der Waals surface area contributed by atoms with Crippen LogP contribution in [0.2, 0.25) is 0 Å². The third-order valence-electron chi connectivity index (χ3n) is 7.09. The van der Waals surface area contributed by atoms with E-state index < -0.39 is 23.9 Å². The van der Waals surface area contributed by atoms with Gasteiger partial charge in [0.25, 0.3) is 0 Å². The fourth-order valence-corrected chi connectivity index (χ4v) is 4.32. The molecular weight excluding hydrogens is 640 g/mol. The minimum Gasteiger partial charge on any atom is -0.494 e. The summed E-state index contributed by atoms with van der Waals surface area (Å²) >= 11 is 0. The van der Waals surface area contributed by atoms with Crippen molar-refractivity contribution in [2.24, 2.45) is 10.2 Å². The second-order valence-corrected chi connectivity index (χ2v) is 10.6. The molecule has 0 aliphatic heterocycles. The first-order valence-corrected chi connectivity index (χ1v) is 15.7. The molecule has 0 bridgehead atoms. The topological polar surface area (TPSA) is 139 Å². The van der Waals surface area contributed by atoms with Gasteiger partial charge in [0, 0.05) is 6.08 Å². The summed E-state index contributed by atoms with van der Waals surface area (Å²) in [6, 6.07) is 25.0. The Morgan fingerprint density at radius 1 is 0.680 bits per heavy atom. The lowest BCUT2D eigenvalue weighted by Gasteiger charge is -2.10. The quantitative estimate of drug-likeness (QED) is 0.0313. The predicted molar refractivity (Wildman–Crippen MR) is 187 cm³/mol. The van der Waals surface area contributed by atoms with Gasteiger partial charge in [-0.25, -0.2) is 19.2 Å². The van der Waals surface area contributed by atoms with Crippen molar-refractivity contribution in [1.82, 2.24) is 0 Å². The molecule has 0 saturated carbocycles. The Morgan fingerprint density at radius 3 is 1.90 bits per heavy atom. The fraction of sp³-hybridized carbons (Fsp3) is 0.179. The van der Waals surface area contributed by atoms with Gasteiger partial charge in [-0.2, -0.15) is 10.2 Å². The van der Waals surface area contributed by atoms with Gasteiger partial charge in [0.1, 0.15) is 22.8 Å². The molecule has 4 rings (SSSR count). The zero-order chi connectivity index (χ0) is 35.7. The molecule has 0 spiro atoms. The molecule has 0 radical (unpaired) electrons. The van der Waals surface area contributed by atoms with Gasteiger partial charge in [0.2, 0.25) is 0 Å². The molecule has 0 aliphatic rings. The Morgan fingerprint density at radius 2 is 1.26 bits per heavy atom. The molecule has 4 aromatic carbocycles. The van der Waals surface area contributed by atoms with Crippen LogP contribution in [0.25, 0.3) is 0 Å². The number of hydrogen-bond donors (Lipinski definition) is 0. The first-order valence-electron chi connectivity index (χ1n) is 15.7. The highest BCUT2D eigenvalue weighted by molar-refractivity contribution is 5.98. The summed E-state index contributed by atoms with van der Waals surface area (Å²) in [5.74, 6) is -1.23. The number of nitrogens with zero attached hydrogens (tertiary/aromatic N) is 2. The van der Waals surface area contributed by atoms with E-state index in [0.717, 1.165) is 18.1 Å². The fourth-order valence-electron chi connectivity index (χ4n) is 4.32. The van der Waals surface area contributed by atoms with Crippen LogP contribution in [-0.2, 0) is 20.7 Å². The number of esters is 4. The van der Waals surface area contributed by atoms with Crippen LogP contribution in [-0.4, -0.2) is 56.6 Å². The van der Waals surface area contributed by atoms with Gasteiger partial charge in [-0.3, -0.25) is 0 Å². The van der Waals surface area contributed by atoms with E-state index in [9.17, 15) is 19.2 Å². The highest BCUT2D eigenvalue weighted by Gasteiger charge is 2.18. The summed E-state index contributed by atoms with van der Waals surface area (Å²) in [7, 11) is 1.24. The lowest BCUT2D eigenvalue weighted by atomic mass is 10.1. The van der Waals surface area contributed by atoms with Gasteiger partial charge in [0.15, 0.2) is 0 Å². The van der Waals surface area contributed by atoms with Crippen molar-refractivity contribution in [2.45, 2.75) is 26.2 Å². The summed E-state index contributed by atoms with van der Waals surface area (Å²) < 4.78 is 26.4. The lowest BCUT2D eigenvalue weighted by Crippen LogP contribution is -2.12. The summed E-state index contributed by atoms with van der Waals surface area (Å²) in [5, 5.41) is 8.09. The summed E-state index contributed by atoms with van der Waals surface area (Å²) in [5.41, 5.74) is 3.09. The van der Waals surface area contributed by atoms with Crippen molar-refractivity contribution in [1.29, 1.82) is 0 Å². The molecule has 11 heteroatoms. The van der Waals surface area contributed by atoms with Crippen molar-refractivity contribution < 1.29 is 42.9 Å². The van der Waals surface area contributed by atoms with Crippen LogP contribution in [0.5, 0.6) is 17.2 Å². The van der Waals surface area contributed by atoms with Crippen LogP contribution >= 0.6 is 0 Å². The Labute approximate surface area is 289 Å². The van der Waals surface area contributed by atoms with Gasteiger partial charge >= 0.3 is 23.9 Å². The van der Waals surface area contributed by atoms with Crippen LogP contribution in [0.1, 0.15) is 67.5 Å². The minimum absolute atomic E-state index is 0.0582. The number of unbranched alkanes of at least 4 members (excludes halogenated alkanes) is 1. The maximum absolute atomic E-state index is 12.7. The first kappa shape index (κ1) is 36.5. The van der Waals surface area contributed by atoms with Crippen LogP contribution in [0.4, 0.5) is 0 Å². The standard InChI is InChI=1S/C39H36N2O9/c1-4-27-8-13-30(14-9-27)38(44)50-35-21-12-29(24-34(35)39(45)46-3)26-41-40-25-28-10-17-33(18-11-28)49-37(43)31-15-19-32(20-16-31)47-22-6-7-23-48-36(42)5-2/h5,8-21,24-26H,2,4,6-7,22-23H2,1,3H3. The zero-order valence-corrected chi connectivity index (χ0v) is 27.7. The van der Waals surface area contributed by atoms with Gasteiger partial charge in [-0.1, -0.05) is 25.6 Å². The van der Waals surface area contributed by atoms with Gasteiger partial charge in [0.05, 0.1) is 43.9 Å². The average molecular weight is 677 g/mol. The van der Waals surface area contributed by atoms with Crippen molar-refractivity contribution in [3.05, 3.63) is 137 Å². The Hall–Kier alpha value is -6.36. The molecule has 0 unspecified atom stereocenters. The monoisotopic (exact) mass is 676 g/mol. The van der Waals surface area contributed by atoms with E-state index in [0.29, 0.717) is 59.8 Å². The van der Waals surface area contributed by atoms with E-state index in [1.54, 1.807) is 66.7 Å². The number of carbonyl (C=O) groups is 4. The molecule has 50 heavy (non-hydrogen) atoms. The molecule has 0 aliphatic carbocycles. The van der Waals surface area contributed by atoms with Crippen LogP contribution in [0, 0.1) is 0 Å². The predicted octanol–water partition coefficient (Wildman–Crippen LogP) is 6.82. The molecule has 0 atom stereocenters. The van der Waals surface area contributed by atoms with Gasteiger partial charge in [-0.15, -0.1) is 0 Å². The highest BCUT2D eigenvalue weighted by Crippen LogP contribution is 2.23. The van der Waals surface area contributed by atoms with E-state index >= 15 is 0 Å². The maximum Gasteiger partial charge on any atom is 0.343 e. The number of rotatable bonds is 16. The molecule has 256 valence electrons. The van der Waals surface area contributed by atoms with E-state index in [2.05, 4.69) is 16.8 Å². The maximum atomic E-state index is 12.7. The smallest absolute Gasteiger partial charge is 0.343 e. The minimum atomic E-state index is -0.673. The summed E-state index contributed by atoms with van der Waals surface area (Å²) in [4.78, 5) is 48.7. The largest absolute Gasteiger partial charge is 0.494 e. The Balaban J connectivity index is 1.27. The number of ether oxygens (including phenoxy) is 5. The van der Waals surface area contributed by atoms with Gasteiger partial charge in [-0.05, 0) is 115 Å². The molecule has 0 fully saturated rings. The number of carbonyl (C=O) groups excluding carboxylic acids is 4. The molecule has 4 aromatic rings. The van der Waals surface area contributed by atoms with E-state index in [-0.39, 0.29) is 11.3 Å². The number of methoxy groups -OCH3 is 1. The third-order valence-corrected chi connectivity index (χ3v) is 7.09. The lowest BCUT2D eigenvalue weighted by molar-refractivity contribution is -0.137. The number of hydrogen-bond acceptors (Lipinski definition) is 11. The van der Waals surface area contributed by atoms with Gasteiger partial charge < -0.3 is 23.7 Å². The Kier molecular flexibility index (Phi) is 13.7. The van der Waals surface area contributed by atoms with E-state index in [1.807, 2.05) is 19.1 Å². The molecule has 0 N–H and O–H groups in total. The van der Waals surface area contributed by atoms with Crippen molar-refractivity contribution >= 4 is 36.3 Å². The van der Waals surface area contributed by atoms with Crippen molar-refractivity contribution in [3.8, 4) is 17.2 Å². The average Bonchev–Trinajstić information content (AvgIpc) is 3.15. The van der Waals surface area contributed by atoms with E-state index in [1.165, 1.54) is 31.7 Å². The van der Waals surface area contributed by atoms with Crippen molar-refractivity contribution in [3.63, 3.8) is 0 Å². The first-order chi connectivity index (χ1) is 24.3.